The normalized spacial score (nSPS) is 14.0. The van der Waals surface area contributed by atoms with Crippen LogP contribution in [-0.2, 0) is 28.8 Å². The zero-order valence-corrected chi connectivity index (χ0v) is 27.0. The van der Waals surface area contributed by atoms with Crippen LogP contribution in [0.3, 0.4) is 0 Å². The van der Waals surface area contributed by atoms with E-state index in [1.165, 1.54) is 17.6 Å². The topological polar surface area (TPSA) is 118 Å². The van der Waals surface area contributed by atoms with Crippen molar-refractivity contribution in [1.82, 2.24) is 19.9 Å². The van der Waals surface area contributed by atoms with E-state index < -0.39 is 59.0 Å². The maximum absolute atomic E-state index is 14.4. The summed E-state index contributed by atoms with van der Waals surface area (Å²) in [6.07, 6.45) is -3.36. The monoisotopic (exact) mass is 704 g/mol. The highest BCUT2D eigenvalue weighted by atomic mass is 35.5. The summed E-state index contributed by atoms with van der Waals surface area (Å²) in [7, 11) is 0. The third-order valence-corrected chi connectivity index (χ3v) is 8.09. The van der Waals surface area contributed by atoms with E-state index in [0.717, 1.165) is 18.0 Å². The van der Waals surface area contributed by atoms with Crippen LogP contribution in [0, 0.1) is 11.6 Å². The minimum Gasteiger partial charge on any atom is -0.378 e. The molecule has 4 aromatic rings. The van der Waals surface area contributed by atoms with Crippen molar-refractivity contribution in [3.63, 3.8) is 0 Å². The Kier molecular flexibility index (Phi) is 10.6. The van der Waals surface area contributed by atoms with Gasteiger partial charge in [0.2, 0.25) is 5.82 Å². The Morgan fingerprint density at radius 1 is 1.00 bits per heavy atom. The number of carbonyl (C=O) groups excluding carboxylic acids is 3. The highest BCUT2D eigenvalue weighted by Crippen LogP contribution is 2.36. The van der Waals surface area contributed by atoms with E-state index in [0.29, 0.717) is 44.0 Å². The van der Waals surface area contributed by atoms with E-state index in [1.807, 2.05) is 0 Å². The number of nitrogens with one attached hydrogen (secondary N) is 2. The number of anilines is 2. The van der Waals surface area contributed by atoms with Gasteiger partial charge in [-0.3, -0.25) is 14.4 Å². The minimum atomic E-state index is -4.95. The molecule has 1 aliphatic heterocycles. The van der Waals surface area contributed by atoms with Crippen molar-refractivity contribution in [2.45, 2.75) is 39.0 Å². The third kappa shape index (κ3) is 8.40. The molecule has 1 aliphatic rings. The Hall–Kier alpha value is -4.89. The molecular formula is C33H30ClF5N6O4. The number of nitrogens with zero attached hydrogens (tertiary/aromatic N) is 4. The molecule has 1 saturated heterocycles. The summed E-state index contributed by atoms with van der Waals surface area (Å²) in [4.78, 5) is 50.2. The van der Waals surface area contributed by atoms with Crippen molar-refractivity contribution in [3.05, 3.63) is 105 Å². The van der Waals surface area contributed by atoms with Crippen LogP contribution in [-0.4, -0.2) is 58.4 Å². The lowest BCUT2D eigenvalue weighted by molar-refractivity contribution is -0.137. The molecule has 258 valence electrons. The van der Waals surface area contributed by atoms with E-state index in [-0.39, 0.29) is 40.5 Å². The van der Waals surface area contributed by atoms with Gasteiger partial charge in [-0.05, 0) is 60.5 Å². The van der Waals surface area contributed by atoms with Crippen LogP contribution in [0.4, 0.5) is 33.6 Å². The predicted octanol–water partition coefficient (Wildman–Crippen LogP) is 5.99. The number of hydrogen-bond donors (Lipinski definition) is 2. The van der Waals surface area contributed by atoms with Crippen LogP contribution in [0.5, 0.6) is 0 Å². The number of pyridine rings is 1. The lowest BCUT2D eigenvalue weighted by Crippen LogP contribution is -2.36. The predicted molar refractivity (Wildman–Crippen MR) is 170 cm³/mol. The molecule has 0 radical (unpaired) electrons. The maximum Gasteiger partial charge on any atom is 0.416 e. The van der Waals surface area contributed by atoms with Crippen molar-refractivity contribution >= 4 is 40.8 Å². The standard InChI is InChI=1S/C33H30ClF5N6O4/c1-18(46)17-45-28(19(2)25-14-23(35)4-5-26(25)34)29(43-31(47)21-11-22(33(37,38)39)13-24(36)12-21)42-30(45)32(48)41-16-20-3-6-27(40-15-20)44-7-9-49-10-8-44/h3-6,11-15,19H,7-10,16-17H2,1-2H3,(H,41,48)(H,43,47)/t19-/m0/s1. The van der Waals surface area contributed by atoms with Crippen molar-refractivity contribution in [2.24, 2.45) is 0 Å². The molecule has 3 heterocycles. The number of aromatic nitrogens is 3. The summed E-state index contributed by atoms with van der Waals surface area (Å²) in [5.74, 6) is -5.21. The van der Waals surface area contributed by atoms with Gasteiger partial charge in [-0.15, -0.1) is 0 Å². The van der Waals surface area contributed by atoms with Crippen molar-refractivity contribution in [1.29, 1.82) is 0 Å². The van der Waals surface area contributed by atoms with Crippen molar-refractivity contribution < 1.29 is 41.1 Å². The fourth-order valence-corrected chi connectivity index (χ4v) is 5.65. The largest absolute Gasteiger partial charge is 0.416 e. The molecule has 5 rings (SSSR count). The Morgan fingerprint density at radius 3 is 2.39 bits per heavy atom. The second kappa shape index (κ2) is 14.7. The number of rotatable bonds is 10. The molecule has 49 heavy (non-hydrogen) atoms. The van der Waals surface area contributed by atoms with Gasteiger partial charge in [0.15, 0.2) is 5.82 Å². The Bertz CT molecular complexity index is 1880. The van der Waals surface area contributed by atoms with Crippen LogP contribution in [0.25, 0.3) is 0 Å². The molecule has 0 saturated carbocycles. The first-order valence-corrected chi connectivity index (χ1v) is 15.4. The van der Waals surface area contributed by atoms with Gasteiger partial charge in [0.1, 0.15) is 23.2 Å². The number of hydrogen-bond acceptors (Lipinski definition) is 7. The quantitative estimate of drug-likeness (QED) is 0.195. The molecule has 0 aliphatic carbocycles. The average molecular weight is 705 g/mol. The number of benzene rings is 2. The lowest BCUT2D eigenvalue weighted by atomic mass is 9.96. The van der Waals surface area contributed by atoms with Crippen LogP contribution >= 0.6 is 11.6 Å². The average Bonchev–Trinajstić information content (AvgIpc) is 3.40. The fraction of sp³-hybridized carbons (Fsp3) is 0.303. The van der Waals surface area contributed by atoms with E-state index in [1.54, 1.807) is 25.3 Å². The number of ketones is 1. The first-order chi connectivity index (χ1) is 23.2. The summed E-state index contributed by atoms with van der Waals surface area (Å²) < 4.78 is 75.3. The molecule has 0 spiro atoms. The second-order valence-electron chi connectivity index (χ2n) is 11.3. The molecule has 16 heteroatoms. The number of ether oxygens (including phenoxy) is 1. The number of imidazole rings is 1. The van der Waals surface area contributed by atoms with Gasteiger partial charge in [0, 0.05) is 42.3 Å². The minimum absolute atomic E-state index is 0.00598. The van der Waals surface area contributed by atoms with Gasteiger partial charge >= 0.3 is 6.18 Å². The summed E-state index contributed by atoms with van der Waals surface area (Å²) in [5.41, 5.74) is -1.23. The van der Waals surface area contributed by atoms with Crippen LogP contribution in [0.15, 0.2) is 54.7 Å². The summed E-state index contributed by atoms with van der Waals surface area (Å²) in [5, 5.41) is 5.18. The zero-order chi connectivity index (χ0) is 35.5. The zero-order valence-electron chi connectivity index (χ0n) is 26.2. The number of carbonyl (C=O) groups is 3. The third-order valence-electron chi connectivity index (χ3n) is 7.74. The van der Waals surface area contributed by atoms with Gasteiger partial charge in [-0.25, -0.2) is 18.7 Å². The number of alkyl halides is 3. The van der Waals surface area contributed by atoms with Gasteiger partial charge in [0.05, 0.1) is 31.0 Å². The molecule has 2 amide bonds. The SMILES string of the molecule is CC(=O)Cn1c(C(=O)NCc2ccc(N3CCOCC3)nc2)nc(NC(=O)c2cc(F)cc(C(F)(F)F)c2)c1[C@@H](C)c1cc(F)ccc1Cl. The molecule has 0 bridgehead atoms. The van der Waals surface area contributed by atoms with Crippen LogP contribution in [0.2, 0.25) is 5.02 Å². The molecule has 2 aromatic heterocycles. The maximum atomic E-state index is 14.4. The van der Waals surface area contributed by atoms with Crippen LogP contribution < -0.4 is 15.5 Å². The Labute approximate surface area is 282 Å². The molecule has 0 unspecified atom stereocenters. The lowest BCUT2D eigenvalue weighted by Gasteiger charge is -2.27. The van der Waals surface area contributed by atoms with Crippen LogP contribution in [0.1, 0.15) is 63.1 Å². The second-order valence-corrected chi connectivity index (χ2v) is 11.7. The van der Waals surface area contributed by atoms with Crippen molar-refractivity contribution in [2.75, 3.05) is 36.5 Å². The first-order valence-electron chi connectivity index (χ1n) is 15.0. The van der Waals surface area contributed by atoms with E-state index in [9.17, 15) is 36.3 Å². The van der Waals surface area contributed by atoms with E-state index in [2.05, 4.69) is 25.5 Å². The fourth-order valence-electron chi connectivity index (χ4n) is 5.37. The smallest absolute Gasteiger partial charge is 0.378 e. The van der Waals surface area contributed by atoms with Gasteiger partial charge in [0.25, 0.3) is 11.8 Å². The first kappa shape index (κ1) is 35.4. The van der Waals surface area contributed by atoms with E-state index >= 15 is 0 Å². The molecule has 10 nitrogen and oxygen atoms in total. The summed E-state index contributed by atoms with van der Waals surface area (Å²) in [6.45, 7) is 4.90. The molecule has 2 aromatic carbocycles. The number of amides is 2. The molecule has 1 atom stereocenters. The number of morpholine rings is 1. The van der Waals surface area contributed by atoms with Gasteiger partial charge in [-0.2, -0.15) is 13.2 Å². The molecule has 1 fully saturated rings. The summed E-state index contributed by atoms with van der Waals surface area (Å²) >= 11 is 6.38. The molecule has 2 N–H and O–H groups in total. The Balaban J connectivity index is 1.51. The number of Topliss-reactive ketones (excluding diaryl/α,β-unsaturated/α-hetero) is 1. The highest BCUT2D eigenvalue weighted by Gasteiger charge is 2.33. The summed E-state index contributed by atoms with van der Waals surface area (Å²) in [6, 6.07) is 8.43. The van der Waals surface area contributed by atoms with Gasteiger partial charge < -0.3 is 24.8 Å². The molecular weight excluding hydrogens is 675 g/mol. The number of halogens is 6. The Morgan fingerprint density at radius 2 is 1.73 bits per heavy atom. The highest BCUT2D eigenvalue weighted by molar-refractivity contribution is 6.31. The van der Waals surface area contributed by atoms with E-state index in [4.69, 9.17) is 16.3 Å². The van der Waals surface area contributed by atoms with Gasteiger partial charge in [-0.1, -0.05) is 24.6 Å². The van der Waals surface area contributed by atoms with Crippen molar-refractivity contribution in [3.8, 4) is 0 Å².